The summed E-state index contributed by atoms with van der Waals surface area (Å²) >= 11 is 9.58. The molecule has 0 aliphatic rings. The maximum Gasteiger partial charge on any atom is 0.161 e. The molecule has 3 rings (SSSR count). The van der Waals surface area contributed by atoms with Crippen LogP contribution >= 0.6 is 27.5 Å². The van der Waals surface area contributed by atoms with Gasteiger partial charge in [0.2, 0.25) is 0 Å². The van der Waals surface area contributed by atoms with Gasteiger partial charge in [0, 0.05) is 10.0 Å². The van der Waals surface area contributed by atoms with E-state index in [9.17, 15) is 4.39 Å². The highest BCUT2D eigenvalue weighted by Gasteiger charge is 2.14. The molecule has 3 aromatic rings. The van der Waals surface area contributed by atoms with E-state index in [0.717, 1.165) is 16.7 Å². The van der Waals surface area contributed by atoms with Crippen LogP contribution in [0.1, 0.15) is 11.1 Å². The summed E-state index contributed by atoms with van der Waals surface area (Å²) < 4.78 is 14.7. The average molecular weight is 366 g/mol. The van der Waals surface area contributed by atoms with E-state index in [2.05, 4.69) is 32.0 Å². The minimum absolute atomic E-state index is 0.221. The fraction of sp³-hybridized carbons (Fsp3) is 0.125. The third kappa shape index (κ3) is 2.65. The number of benzene rings is 2. The quantitative estimate of drug-likeness (QED) is 0.534. The molecule has 106 valence electrons. The van der Waals surface area contributed by atoms with Crippen LogP contribution in [0.4, 0.5) is 4.39 Å². The number of nitrogens with zero attached hydrogens (tertiary/aromatic N) is 2. The molecule has 0 bridgehead atoms. The smallest absolute Gasteiger partial charge is 0.161 e. The Hall–Kier alpha value is -1.52. The minimum atomic E-state index is -0.414. The number of hydrogen-bond donors (Lipinski definition) is 0. The summed E-state index contributed by atoms with van der Waals surface area (Å²) in [6.07, 6.45) is 0. The lowest BCUT2D eigenvalue weighted by Gasteiger charge is -2.08. The molecule has 0 amide bonds. The highest BCUT2D eigenvalue weighted by atomic mass is 79.9. The maximum atomic E-state index is 14.0. The van der Waals surface area contributed by atoms with Gasteiger partial charge in [-0.05, 0) is 54.0 Å². The molecule has 0 aliphatic heterocycles. The van der Waals surface area contributed by atoms with E-state index >= 15 is 0 Å². The van der Waals surface area contributed by atoms with Crippen molar-refractivity contribution in [1.29, 1.82) is 0 Å². The van der Waals surface area contributed by atoms with Gasteiger partial charge in [-0.2, -0.15) is 0 Å². The first-order chi connectivity index (χ1) is 9.95. The molecule has 0 unspecified atom stereocenters. The summed E-state index contributed by atoms with van der Waals surface area (Å²) in [4.78, 5) is 8.66. The molecule has 2 aromatic carbocycles. The lowest BCUT2D eigenvalue weighted by atomic mass is 10.1. The van der Waals surface area contributed by atoms with Crippen LogP contribution in [0, 0.1) is 19.7 Å². The summed E-state index contributed by atoms with van der Waals surface area (Å²) in [5.74, 6) is 0.0134. The van der Waals surface area contributed by atoms with E-state index in [0.29, 0.717) is 15.7 Å². The molecule has 0 fully saturated rings. The van der Waals surface area contributed by atoms with Crippen LogP contribution in [-0.2, 0) is 0 Å². The number of rotatable bonds is 1. The fourth-order valence-electron chi connectivity index (χ4n) is 2.36. The van der Waals surface area contributed by atoms with Crippen LogP contribution in [0.3, 0.4) is 0 Å². The Morgan fingerprint density at radius 3 is 2.38 bits per heavy atom. The van der Waals surface area contributed by atoms with Gasteiger partial charge in [0.25, 0.3) is 0 Å². The molecule has 0 N–H and O–H groups in total. The van der Waals surface area contributed by atoms with E-state index in [1.54, 1.807) is 6.07 Å². The second-order valence-electron chi connectivity index (χ2n) is 4.97. The second-order valence-corrected chi connectivity index (χ2v) is 6.18. The molecular weight excluding hydrogens is 355 g/mol. The molecule has 0 spiro atoms. The van der Waals surface area contributed by atoms with Crippen molar-refractivity contribution in [3.05, 3.63) is 56.9 Å². The van der Waals surface area contributed by atoms with Crippen molar-refractivity contribution in [2.75, 3.05) is 0 Å². The Bertz CT molecular complexity index is 844. The van der Waals surface area contributed by atoms with Gasteiger partial charge in [0.15, 0.2) is 5.82 Å². The van der Waals surface area contributed by atoms with Gasteiger partial charge in [-0.25, -0.2) is 14.4 Å². The second kappa shape index (κ2) is 5.35. The van der Waals surface area contributed by atoms with Gasteiger partial charge in [0.1, 0.15) is 16.5 Å². The number of aromatic nitrogens is 2. The van der Waals surface area contributed by atoms with Crippen molar-refractivity contribution in [2.24, 2.45) is 0 Å². The third-order valence-corrected chi connectivity index (χ3v) is 4.12. The molecule has 0 saturated carbocycles. The van der Waals surface area contributed by atoms with Crippen LogP contribution in [0.5, 0.6) is 0 Å². The average Bonchev–Trinajstić information content (AvgIpc) is 2.41. The minimum Gasteiger partial charge on any atom is -0.225 e. The Balaban J connectivity index is 2.32. The standard InChI is InChI=1S/C16H11BrClFN2/c1-8-5-9(2)7-10(6-8)16-20-14-12(19)4-3-11(17)13(14)15(18)21-16/h3-7H,1-2H3. The molecule has 5 heteroatoms. The Morgan fingerprint density at radius 1 is 1.05 bits per heavy atom. The van der Waals surface area contributed by atoms with Crippen molar-refractivity contribution in [2.45, 2.75) is 13.8 Å². The van der Waals surface area contributed by atoms with E-state index in [-0.39, 0.29) is 10.7 Å². The number of hydrogen-bond acceptors (Lipinski definition) is 2. The summed E-state index contributed by atoms with van der Waals surface area (Å²) in [7, 11) is 0. The molecule has 0 atom stereocenters. The molecule has 1 aromatic heterocycles. The van der Waals surface area contributed by atoms with Crippen molar-refractivity contribution in [1.82, 2.24) is 9.97 Å². The van der Waals surface area contributed by atoms with Crippen LogP contribution in [-0.4, -0.2) is 9.97 Å². The summed E-state index contributed by atoms with van der Waals surface area (Å²) in [5.41, 5.74) is 3.24. The van der Waals surface area contributed by atoms with Crippen molar-refractivity contribution < 1.29 is 4.39 Å². The van der Waals surface area contributed by atoms with E-state index < -0.39 is 5.82 Å². The van der Waals surface area contributed by atoms with Gasteiger partial charge < -0.3 is 0 Å². The van der Waals surface area contributed by atoms with E-state index in [4.69, 9.17) is 11.6 Å². The topological polar surface area (TPSA) is 25.8 Å². The molecule has 0 saturated heterocycles. The lowest BCUT2D eigenvalue weighted by molar-refractivity contribution is 0.636. The van der Waals surface area contributed by atoms with Crippen LogP contribution in [0.2, 0.25) is 5.15 Å². The predicted octanol–water partition coefficient (Wildman–Crippen LogP) is 5.47. The van der Waals surface area contributed by atoms with Gasteiger partial charge in [-0.3, -0.25) is 0 Å². The molecule has 2 nitrogen and oxygen atoms in total. The first-order valence-electron chi connectivity index (χ1n) is 6.35. The molecule has 1 heterocycles. The Kier molecular flexibility index (Phi) is 3.68. The van der Waals surface area contributed by atoms with Gasteiger partial charge >= 0.3 is 0 Å². The summed E-state index contributed by atoms with van der Waals surface area (Å²) in [6.45, 7) is 3.99. The lowest BCUT2D eigenvalue weighted by Crippen LogP contribution is -1.95. The summed E-state index contributed by atoms with van der Waals surface area (Å²) in [5, 5.41) is 0.727. The third-order valence-electron chi connectivity index (χ3n) is 3.19. The van der Waals surface area contributed by atoms with Crippen LogP contribution in [0.25, 0.3) is 22.3 Å². The monoisotopic (exact) mass is 364 g/mol. The van der Waals surface area contributed by atoms with E-state index in [1.165, 1.54) is 6.07 Å². The van der Waals surface area contributed by atoms with Crippen molar-refractivity contribution in [3.63, 3.8) is 0 Å². The van der Waals surface area contributed by atoms with Crippen LogP contribution < -0.4 is 0 Å². The molecule has 0 aliphatic carbocycles. The first-order valence-corrected chi connectivity index (χ1v) is 7.53. The first kappa shape index (κ1) is 14.4. The zero-order valence-corrected chi connectivity index (χ0v) is 13.8. The van der Waals surface area contributed by atoms with Crippen molar-refractivity contribution >= 4 is 38.4 Å². The Labute approximate surface area is 135 Å². The number of fused-ring (bicyclic) bond motifs is 1. The van der Waals surface area contributed by atoms with Gasteiger partial charge in [-0.15, -0.1) is 0 Å². The fourth-order valence-corrected chi connectivity index (χ4v) is 3.25. The highest BCUT2D eigenvalue weighted by Crippen LogP contribution is 2.32. The molecule has 21 heavy (non-hydrogen) atoms. The number of aryl methyl sites for hydroxylation is 2. The normalized spacial score (nSPS) is 11.1. The Morgan fingerprint density at radius 2 is 1.71 bits per heavy atom. The highest BCUT2D eigenvalue weighted by molar-refractivity contribution is 9.10. The van der Waals surface area contributed by atoms with Crippen LogP contribution in [0.15, 0.2) is 34.8 Å². The largest absolute Gasteiger partial charge is 0.225 e. The van der Waals surface area contributed by atoms with Gasteiger partial charge in [0.05, 0.1) is 5.39 Å². The SMILES string of the molecule is Cc1cc(C)cc(-c2nc(Cl)c3c(Br)ccc(F)c3n2)c1. The summed E-state index contributed by atoms with van der Waals surface area (Å²) in [6, 6.07) is 8.94. The zero-order chi connectivity index (χ0) is 15.1. The predicted molar refractivity (Wildman–Crippen MR) is 87.1 cm³/mol. The number of halogens is 3. The van der Waals surface area contributed by atoms with Crippen molar-refractivity contribution in [3.8, 4) is 11.4 Å². The van der Waals surface area contributed by atoms with Gasteiger partial charge in [-0.1, -0.05) is 28.8 Å². The van der Waals surface area contributed by atoms with E-state index in [1.807, 2.05) is 26.0 Å². The zero-order valence-electron chi connectivity index (χ0n) is 11.4. The maximum absolute atomic E-state index is 14.0. The molecular formula is C16H11BrClFN2. The molecule has 0 radical (unpaired) electrons.